The average Bonchev–Trinajstić information content (AvgIpc) is 4.08. The number of anilines is 6. The van der Waals surface area contributed by atoms with Crippen molar-refractivity contribution in [3.63, 3.8) is 0 Å². The lowest BCUT2D eigenvalue weighted by Gasteiger charge is -2.48. The van der Waals surface area contributed by atoms with E-state index in [-0.39, 0.29) is 65.4 Å². The molecule has 21 heteroatoms. The number of likely N-dealkylation sites (N-methyl/N-ethyl adjacent to an activating group) is 1. The van der Waals surface area contributed by atoms with Crippen molar-refractivity contribution >= 4 is 87.1 Å². The fraction of sp³-hybridized carbons (Fsp3) is 0.393. The Balaban J connectivity index is 0.781. The molecule has 3 aromatic heterocycles. The number of aromatic nitrogens is 3. The molecule has 0 spiro atoms. The summed E-state index contributed by atoms with van der Waals surface area (Å²) in [6, 6.07) is 11.9. The van der Waals surface area contributed by atoms with Gasteiger partial charge in [-0.15, -0.1) is 11.3 Å². The maximum Gasteiger partial charge on any atom is 0.271 e. The Morgan fingerprint density at radius 1 is 0.857 bits per heavy atom. The third-order valence-electron chi connectivity index (χ3n) is 16.2. The minimum atomic E-state index is -1.01. The Labute approximate surface area is 448 Å². The van der Waals surface area contributed by atoms with Crippen LogP contribution in [0.4, 0.5) is 34.4 Å². The van der Waals surface area contributed by atoms with Gasteiger partial charge in [0.15, 0.2) is 11.5 Å². The monoisotopic (exact) mass is 1060 g/mol. The van der Waals surface area contributed by atoms with Crippen LogP contribution >= 0.6 is 11.3 Å². The summed E-state index contributed by atoms with van der Waals surface area (Å²) < 4.78 is 0. The highest BCUT2D eigenvalue weighted by molar-refractivity contribution is 7.14. The maximum absolute atomic E-state index is 14.1. The van der Waals surface area contributed by atoms with E-state index in [0.29, 0.717) is 53.5 Å². The number of rotatable bonds is 12. The van der Waals surface area contributed by atoms with Crippen LogP contribution in [-0.2, 0) is 40.3 Å². The van der Waals surface area contributed by atoms with E-state index in [1.165, 1.54) is 29.8 Å². The fourth-order valence-corrected chi connectivity index (χ4v) is 13.7. The lowest BCUT2D eigenvalue weighted by Crippen LogP contribution is -2.58. The molecule has 8 heterocycles. The molecule has 4 atom stereocenters. The summed E-state index contributed by atoms with van der Waals surface area (Å²) in [6.07, 6.45) is 11.0. The number of pyridine rings is 1. The third-order valence-corrected chi connectivity index (χ3v) is 17.6. The van der Waals surface area contributed by atoms with E-state index < -0.39 is 42.2 Å². The van der Waals surface area contributed by atoms with Gasteiger partial charge in [-0.05, 0) is 125 Å². The van der Waals surface area contributed by atoms with Gasteiger partial charge in [-0.3, -0.25) is 53.2 Å². The average molecular weight is 1060 g/mol. The second-order valence-corrected chi connectivity index (χ2v) is 21.8. The van der Waals surface area contributed by atoms with Crippen LogP contribution < -0.4 is 31.1 Å². The first-order chi connectivity index (χ1) is 37.1. The molecule has 2 unspecified atom stereocenters. The van der Waals surface area contributed by atoms with E-state index in [1.54, 1.807) is 46.7 Å². The Morgan fingerprint density at radius 2 is 1.66 bits per heavy atom. The zero-order chi connectivity index (χ0) is 54.0. The standard InChI is InChI=1S/C56H60N12O8S/c1-5-46(70)61-41-25-32(60-51-48(50(57)72)59-27-42(62-51)35-16-19-58-52(40(35)29-69)67-21-18-37-36-8-6-7-9-45(36)77-49(37)56(67)76)10-13-43(41)66-23-22-64(28-31(66)3)33-17-20-65(30(2)24-33)34-11-12-38-39(26-34)54(74)68(53(38)73)44-14-15-47(71)63(4)55(44)75/h5,10-13,16,19,25-27,30-31,33,44,69H,1,6-9,14-15,17-18,20-24,28-29H2,2-4H3,(H2,57,72)(H,60,62)(H,61,70)/t30-,31-,33?,44?/m0/s1. The molecule has 0 saturated carbocycles. The molecule has 5 aromatic rings. The molecule has 3 saturated heterocycles. The number of piperidine rings is 2. The number of thiophene rings is 1. The SMILES string of the molecule is C=CC(=O)Nc1cc(Nc2nc(-c3ccnc(N4CCc5c(sc6c5CCCC6)C4=O)c3CO)cnc2C(N)=O)ccc1N1CCN(C2CCN(c3ccc4c(c3)C(=O)N(C3CCC(=O)N(C)C3=O)C4=O)[C@@H](C)C2)C[C@@H]1C. The van der Waals surface area contributed by atoms with Gasteiger partial charge >= 0.3 is 0 Å². The third kappa shape index (κ3) is 9.18. The lowest BCUT2D eigenvalue weighted by molar-refractivity contribution is -0.149. The second-order valence-electron chi connectivity index (χ2n) is 20.7. The van der Waals surface area contributed by atoms with Crippen LogP contribution in [-0.4, -0.2) is 140 Å². The van der Waals surface area contributed by atoms with Gasteiger partial charge < -0.3 is 31.3 Å². The molecule has 5 N–H and O–H groups in total. The van der Waals surface area contributed by atoms with Crippen molar-refractivity contribution in [2.24, 2.45) is 5.73 Å². The van der Waals surface area contributed by atoms with Crippen molar-refractivity contribution in [2.75, 3.05) is 65.1 Å². The summed E-state index contributed by atoms with van der Waals surface area (Å²) in [7, 11) is 1.38. The number of hydrogen-bond donors (Lipinski definition) is 4. The number of aliphatic hydroxyl groups excluding tert-OH is 1. The predicted octanol–water partition coefficient (Wildman–Crippen LogP) is 5.45. The summed E-state index contributed by atoms with van der Waals surface area (Å²) in [6.45, 7) is 10.8. The van der Waals surface area contributed by atoms with Gasteiger partial charge in [-0.1, -0.05) is 6.58 Å². The summed E-state index contributed by atoms with van der Waals surface area (Å²) in [4.78, 5) is 119. The highest BCUT2D eigenvalue weighted by Crippen LogP contribution is 2.41. The smallest absolute Gasteiger partial charge is 0.271 e. The van der Waals surface area contributed by atoms with Crippen molar-refractivity contribution < 1.29 is 38.7 Å². The number of aliphatic hydroxyl groups is 1. The van der Waals surface area contributed by atoms with Crippen molar-refractivity contribution in [3.05, 3.63) is 111 Å². The molecule has 1 aliphatic carbocycles. The first kappa shape index (κ1) is 51.2. The van der Waals surface area contributed by atoms with Crippen LogP contribution in [0.3, 0.4) is 0 Å². The molecular formula is C56H60N12O8S. The highest BCUT2D eigenvalue weighted by Gasteiger charge is 2.47. The number of primary amides is 1. The molecule has 7 amide bonds. The van der Waals surface area contributed by atoms with Gasteiger partial charge in [0.25, 0.3) is 29.5 Å². The van der Waals surface area contributed by atoms with Crippen molar-refractivity contribution in [2.45, 2.75) is 102 Å². The molecule has 0 radical (unpaired) electrons. The number of piperazine rings is 1. The number of benzene rings is 2. The van der Waals surface area contributed by atoms with E-state index in [1.807, 2.05) is 18.2 Å². The molecule has 5 aliphatic heterocycles. The first-order valence-corrected chi connectivity index (χ1v) is 27.1. The summed E-state index contributed by atoms with van der Waals surface area (Å²) in [5, 5.41) is 17.1. The van der Waals surface area contributed by atoms with Crippen LogP contribution in [0.15, 0.2) is 67.5 Å². The van der Waals surface area contributed by atoms with Gasteiger partial charge in [-0.25, -0.2) is 15.0 Å². The van der Waals surface area contributed by atoms with Crippen molar-refractivity contribution in [1.29, 1.82) is 0 Å². The minimum absolute atomic E-state index is 0.0281. The fourth-order valence-electron chi connectivity index (χ4n) is 12.3. The summed E-state index contributed by atoms with van der Waals surface area (Å²) in [5.74, 6) is -2.92. The quantitative estimate of drug-likeness (QED) is 0.0896. The Kier molecular flexibility index (Phi) is 13.7. The number of carbonyl (C=O) groups is 7. The Bertz CT molecular complexity index is 3320. The van der Waals surface area contributed by atoms with Crippen LogP contribution in [0.5, 0.6) is 0 Å². The zero-order valence-corrected chi connectivity index (χ0v) is 44.0. The summed E-state index contributed by atoms with van der Waals surface area (Å²) >= 11 is 1.57. The molecule has 0 bridgehead atoms. The number of aryl methyl sites for hydroxylation is 1. The largest absolute Gasteiger partial charge is 0.392 e. The number of nitrogens with one attached hydrogen (secondary N) is 2. The van der Waals surface area contributed by atoms with Gasteiger partial charge in [0.2, 0.25) is 11.8 Å². The van der Waals surface area contributed by atoms with E-state index in [2.05, 4.69) is 55.7 Å². The second kappa shape index (κ2) is 20.6. The van der Waals surface area contributed by atoms with Crippen LogP contribution in [0, 0.1) is 0 Å². The van der Waals surface area contributed by atoms with E-state index >= 15 is 0 Å². The molecule has 3 fully saturated rings. The van der Waals surface area contributed by atoms with E-state index in [9.17, 15) is 38.7 Å². The highest BCUT2D eigenvalue weighted by atomic mass is 32.1. The van der Waals surface area contributed by atoms with E-state index in [0.717, 1.165) is 89.8 Å². The van der Waals surface area contributed by atoms with Gasteiger partial charge in [0, 0.05) is 97.9 Å². The number of amides is 7. The van der Waals surface area contributed by atoms with Gasteiger partial charge in [0.05, 0.1) is 45.9 Å². The van der Waals surface area contributed by atoms with Gasteiger partial charge in [-0.2, -0.15) is 0 Å². The van der Waals surface area contributed by atoms with Crippen molar-refractivity contribution in [1.82, 2.24) is 29.7 Å². The summed E-state index contributed by atoms with van der Waals surface area (Å²) in [5.41, 5.74) is 12.5. The Hall–Kier alpha value is -7.88. The van der Waals surface area contributed by atoms with Crippen LogP contribution in [0.1, 0.15) is 115 Å². The number of likely N-dealkylation sites (tertiary alicyclic amines) is 1. The maximum atomic E-state index is 14.1. The zero-order valence-electron chi connectivity index (χ0n) is 43.2. The predicted molar refractivity (Wildman–Crippen MR) is 291 cm³/mol. The Morgan fingerprint density at radius 3 is 2.43 bits per heavy atom. The lowest BCUT2D eigenvalue weighted by atomic mass is 9.92. The number of nitrogens with zero attached hydrogens (tertiary/aromatic N) is 9. The number of fused-ring (bicyclic) bond motifs is 4. The number of imide groups is 2. The molecule has 6 aliphatic rings. The number of carbonyl (C=O) groups excluding carboxylic acids is 7. The van der Waals surface area contributed by atoms with Crippen LogP contribution in [0.25, 0.3) is 11.3 Å². The molecular weight excluding hydrogens is 1000 g/mol. The minimum Gasteiger partial charge on any atom is -0.392 e. The first-order valence-electron chi connectivity index (χ1n) is 26.3. The van der Waals surface area contributed by atoms with Gasteiger partial charge in [0.1, 0.15) is 11.9 Å². The molecule has 77 heavy (non-hydrogen) atoms. The molecule has 2 aromatic carbocycles. The molecule has 11 rings (SSSR count). The van der Waals surface area contributed by atoms with Crippen LogP contribution in [0.2, 0.25) is 0 Å². The molecule has 398 valence electrons. The number of hydrogen-bond acceptors (Lipinski definition) is 16. The normalized spacial score (nSPS) is 21.8. The topological polar surface area (TPSA) is 248 Å². The number of nitrogens with two attached hydrogens (primary N) is 1. The van der Waals surface area contributed by atoms with E-state index in [4.69, 9.17) is 10.7 Å². The van der Waals surface area contributed by atoms with Crippen molar-refractivity contribution in [3.8, 4) is 11.3 Å². The molecule has 20 nitrogen and oxygen atoms in total.